The standard InChI is InChI=1S/C18H27NO4/c1-6-15(4)19(10-9-18(21)22-5)17(20)12-23-16-11-13(2)7-8-14(16)3/h7-8,11,15H,6,9-10,12H2,1-5H3. The number of ether oxygens (including phenoxy) is 2. The molecule has 0 saturated carbocycles. The number of aryl methyl sites for hydroxylation is 2. The Bertz CT molecular complexity index is 542. The zero-order valence-electron chi connectivity index (χ0n) is 14.7. The smallest absolute Gasteiger partial charge is 0.307 e. The van der Waals surface area contributed by atoms with E-state index < -0.39 is 0 Å². The second kappa shape index (κ2) is 9.18. The van der Waals surface area contributed by atoms with E-state index in [2.05, 4.69) is 4.74 Å². The Morgan fingerprint density at radius 1 is 1.26 bits per heavy atom. The molecule has 0 bridgehead atoms. The molecule has 1 rings (SSSR count). The van der Waals surface area contributed by atoms with Crippen LogP contribution in [0.15, 0.2) is 18.2 Å². The van der Waals surface area contributed by atoms with E-state index in [0.717, 1.165) is 23.3 Å². The Hall–Kier alpha value is -2.04. The number of hydrogen-bond acceptors (Lipinski definition) is 4. The fraction of sp³-hybridized carbons (Fsp3) is 0.556. The van der Waals surface area contributed by atoms with E-state index in [1.165, 1.54) is 7.11 Å². The van der Waals surface area contributed by atoms with Gasteiger partial charge >= 0.3 is 5.97 Å². The van der Waals surface area contributed by atoms with Crippen molar-refractivity contribution in [3.05, 3.63) is 29.3 Å². The Kier molecular flexibility index (Phi) is 7.59. The molecule has 5 nitrogen and oxygen atoms in total. The van der Waals surface area contributed by atoms with Crippen molar-refractivity contribution in [3.63, 3.8) is 0 Å². The summed E-state index contributed by atoms with van der Waals surface area (Å²) < 4.78 is 10.3. The molecule has 23 heavy (non-hydrogen) atoms. The summed E-state index contributed by atoms with van der Waals surface area (Å²) in [7, 11) is 1.35. The normalized spacial score (nSPS) is 11.7. The van der Waals surface area contributed by atoms with Crippen molar-refractivity contribution in [2.24, 2.45) is 0 Å². The van der Waals surface area contributed by atoms with Gasteiger partial charge in [0.1, 0.15) is 5.75 Å². The molecule has 0 radical (unpaired) electrons. The molecule has 0 N–H and O–H groups in total. The van der Waals surface area contributed by atoms with Crippen LogP contribution in [-0.2, 0) is 14.3 Å². The van der Waals surface area contributed by atoms with Crippen LogP contribution in [0.4, 0.5) is 0 Å². The van der Waals surface area contributed by atoms with Crippen LogP contribution in [-0.4, -0.2) is 43.1 Å². The van der Waals surface area contributed by atoms with Crippen molar-refractivity contribution in [2.75, 3.05) is 20.3 Å². The first-order valence-electron chi connectivity index (χ1n) is 7.95. The molecule has 128 valence electrons. The van der Waals surface area contributed by atoms with Crippen LogP contribution in [0.3, 0.4) is 0 Å². The molecule has 0 fully saturated rings. The first-order valence-corrected chi connectivity index (χ1v) is 7.95. The highest BCUT2D eigenvalue weighted by Crippen LogP contribution is 2.19. The molecule has 5 heteroatoms. The molecule has 1 aromatic carbocycles. The summed E-state index contributed by atoms with van der Waals surface area (Å²) in [5.41, 5.74) is 2.08. The average Bonchev–Trinajstić information content (AvgIpc) is 2.55. The minimum absolute atomic E-state index is 0.0319. The fourth-order valence-corrected chi connectivity index (χ4v) is 2.21. The average molecular weight is 321 g/mol. The van der Waals surface area contributed by atoms with Gasteiger partial charge in [-0.1, -0.05) is 19.1 Å². The zero-order valence-corrected chi connectivity index (χ0v) is 14.7. The topological polar surface area (TPSA) is 55.8 Å². The van der Waals surface area contributed by atoms with Crippen LogP contribution in [0.5, 0.6) is 5.75 Å². The molecule has 0 heterocycles. The van der Waals surface area contributed by atoms with Gasteiger partial charge in [0.05, 0.1) is 13.5 Å². The van der Waals surface area contributed by atoms with Crippen molar-refractivity contribution in [1.82, 2.24) is 4.90 Å². The largest absolute Gasteiger partial charge is 0.483 e. The van der Waals surface area contributed by atoms with Crippen molar-refractivity contribution in [1.29, 1.82) is 0 Å². The summed E-state index contributed by atoms with van der Waals surface area (Å²) >= 11 is 0. The maximum Gasteiger partial charge on any atom is 0.307 e. The van der Waals surface area contributed by atoms with E-state index in [1.807, 2.05) is 45.9 Å². The van der Waals surface area contributed by atoms with Gasteiger partial charge in [-0.25, -0.2) is 0 Å². The molecule has 1 unspecified atom stereocenters. The lowest BCUT2D eigenvalue weighted by atomic mass is 10.1. The lowest BCUT2D eigenvalue weighted by Gasteiger charge is -2.28. The van der Waals surface area contributed by atoms with Gasteiger partial charge in [0.25, 0.3) is 5.91 Å². The van der Waals surface area contributed by atoms with Gasteiger partial charge in [0, 0.05) is 12.6 Å². The Morgan fingerprint density at radius 2 is 1.96 bits per heavy atom. The van der Waals surface area contributed by atoms with Gasteiger partial charge in [-0.2, -0.15) is 0 Å². The minimum Gasteiger partial charge on any atom is -0.483 e. The first kappa shape index (κ1) is 19.0. The van der Waals surface area contributed by atoms with Crippen molar-refractivity contribution < 1.29 is 19.1 Å². The van der Waals surface area contributed by atoms with Crippen LogP contribution in [0.25, 0.3) is 0 Å². The van der Waals surface area contributed by atoms with E-state index in [0.29, 0.717) is 6.54 Å². The molecular weight excluding hydrogens is 294 g/mol. The van der Waals surface area contributed by atoms with Crippen molar-refractivity contribution >= 4 is 11.9 Å². The van der Waals surface area contributed by atoms with Gasteiger partial charge in [-0.05, 0) is 44.4 Å². The first-order chi connectivity index (χ1) is 10.9. The van der Waals surface area contributed by atoms with E-state index in [1.54, 1.807) is 4.90 Å². The fourth-order valence-electron chi connectivity index (χ4n) is 2.21. The van der Waals surface area contributed by atoms with Gasteiger partial charge in [0.2, 0.25) is 0 Å². The predicted molar refractivity (Wildman–Crippen MR) is 89.5 cm³/mol. The van der Waals surface area contributed by atoms with E-state index in [9.17, 15) is 9.59 Å². The molecule has 0 spiro atoms. The molecule has 0 aromatic heterocycles. The zero-order chi connectivity index (χ0) is 17.4. The highest BCUT2D eigenvalue weighted by molar-refractivity contribution is 5.79. The SMILES string of the molecule is CCC(C)N(CCC(=O)OC)C(=O)COc1cc(C)ccc1C. The third kappa shape index (κ3) is 5.93. The molecule has 0 aliphatic rings. The van der Waals surface area contributed by atoms with Crippen molar-refractivity contribution in [3.8, 4) is 5.75 Å². The molecule has 0 saturated heterocycles. The molecular formula is C18H27NO4. The van der Waals surface area contributed by atoms with Crippen LogP contribution in [0.2, 0.25) is 0 Å². The lowest BCUT2D eigenvalue weighted by molar-refractivity contribution is -0.142. The van der Waals surface area contributed by atoms with Crippen molar-refractivity contribution in [2.45, 2.75) is 46.6 Å². The Morgan fingerprint density at radius 3 is 2.57 bits per heavy atom. The summed E-state index contributed by atoms with van der Waals surface area (Å²) in [6.07, 6.45) is 1.01. The molecule has 1 atom stereocenters. The van der Waals surface area contributed by atoms with Crippen LogP contribution in [0, 0.1) is 13.8 Å². The molecule has 1 aromatic rings. The number of esters is 1. The van der Waals surface area contributed by atoms with Gasteiger partial charge in [0.15, 0.2) is 6.61 Å². The number of carbonyl (C=O) groups excluding carboxylic acids is 2. The van der Waals surface area contributed by atoms with Gasteiger partial charge in [-0.15, -0.1) is 0 Å². The number of rotatable bonds is 8. The Balaban J connectivity index is 2.69. The van der Waals surface area contributed by atoms with Crippen LogP contribution >= 0.6 is 0 Å². The quantitative estimate of drug-likeness (QED) is 0.691. The molecule has 0 aliphatic heterocycles. The van der Waals surface area contributed by atoms with Gasteiger partial charge < -0.3 is 14.4 Å². The third-order valence-corrected chi connectivity index (χ3v) is 3.92. The number of carbonyl (C=O) groups is 2. The second-order valence-electron chi connectivity index (χ2n) is 5.73. The highest BCUT2D eigenvalue weighted by atomic mass is 16.5. The maximum atomic E-state index is 12.5. The molecule has 1 amide bonds. The summed E-state index contributed by atoms with van der Waals surface area (Å²) in [6, 6.07) is 5.95. The number of nitrogens with zero attached hydrogens (tertiary/aromatic N) is 1. The lowest BCUT2D eigenvalue weighted by Crippen LogP contribution is -2.42. The summed E-state index contributed by atoms with van der Waals surface area (Å²) in [5, 5.41) is 0. The van der Waals surface area contributed by atoms with Crippen LogP contribution < -0.4 is 4.74 Å². The summed E-state index contributed by atoms with van der Waals surface area (Å²) in [6.45, 7) is 8.22. The highest BCUT2D eigenvalue weighted by Gasteiger charge is 2.20. The Labute approximate surface area is 138 Å². The van der Waals surface area contributed by atoms with E-state index in [-0.39, 0.29) is 30.9 Å². The van der Waals surface area contributed by atoms with E-state index in [4.69, 9.17) is 4.74 Å². The van der Waals surface area contributed by atoms with Gasteiger partial charge in [-0.3, -0.25) is 9.59 Å². The predicted octanol–water partition coefficient (Wildman–Crippen LogP) is 2.87. The minimum atomic E-state index is -0.318. The number of benzene rings is 1. The number of hydrogen-bond donors (Lipinski definition) is 0. The number of methoxy groups -OCH3 is 1. The van der Waals surface area contributed by atoms with Crippen LogP contribution in [0.1, 0.15) is 37.8 Å². The third-order valence-electron chi connectivity index (χ3n) is 3.92. The molecule has 0 aliphatic carbocycles. The van der Waals surface area contributed by atoms with E-state index >= 15 is 0 Å². The summed E-state index contributed by atoms with van der Waals surface area (Å²) in [4.78, 5) is 25.5. The second-order valence-corrected chi connectivity index (χ2v) is 5.73. The monoisotopic (exact) mass is 321 g/mol. The number of amides is 1. The maximum absolute atomic E-state index is 12.5. The summed E-state index contributed by atoms with van der Waals surface area (Å²) in [5.74, 6) is 0.279.